The van der Waals surface area contributed by atoms with Gasteiger partial charge in [-0.3, -0.25) is 9.69 Å². The van der Waals surface area contributed by atoms with Gasteiger partial charge in [-0.05, 0) is 48.9 Å². The molecule has 2 aromatic rings. The minimum atomic E-state index is -0.500. The minimum absolute atomic E-state index is 0.114. The molecule has 4 rings (SSSR count). The standard InChI is InChI=1S/C22H23N3O4/c1-4-29-17-11-7-15(8-12-17)25-13-18-19(21(25)26)20(23-22(27)24(18)2)14-5-9-16(28-3)10-6-14/h5-12,20H,4,13H2,1-3H3,(H,23,27). The molecule has 0 aromatic heterocycles. The fourth-order valence-electron chi connectivity index (χ4n) is 3.71. The highest BCUT2D eigenvalue weighted by Gasteiger charge is 2.43. The third-order valence-corrected chi connectivity index (χ3v) is 5.27. The number of rotatable bonds is 5. The van der Waals surface area contributed by atoms with E-state index < -0.39 is 6.04 Å². The van der Waals surface area contributed by atoms with E-state index in [2.05, 4.69) is 5.32 Å². The van der Waals surface area contributed by atoms with Gasteiger partial charge in [0.25, 0.3) is 5.91 Å². The molecular weight excluding hydrogens is 370 g/mol. The molecular formula is C22H23N3O4. The number of likely N-dealkylation sites (N-methyl/N-ethyl adjacent to an activating group) is 1. The van der Waals surface area contributed by atoms with Crippen LogP contribution in [0.25, 0.3) is 0 Å². The number of urea groups is 1. The van der Waals surface area contributed by atoms with Crippen LogP contribution in [-0.2, 0) is 4.79 Å². The molecule has 2 aliphatic heterocycles. The van der Waals surface area contributed by atoms with Gasteiger partial charge < -0.3 is 19.7 Å². The summed E-state index contributed by atoms with van der Waals surface area (Å²) in [6.45, 7) is 2.85. The quantitative estimate of drug-likeness (QED) is 0.847. The minimum Gasteiger partial charge on any atom is -0.497 e. The molecule has 3 amide bonds. The Hall–Kier alpha value is -3.48. The average Bonchev–Trinajstić information content (AvgIpc) is 3.09. The zero-order valence-electron chi connectivity index (χ0n) is 16.6. The van der Waals surface area contributed by atoms with Gasteiger partial charge in [0.2, 0.25) is 0 Å². The molecule has 0 spiro atoms. The Morgan fingerprint density at radius 3 is 2.31 bits per heavy atom. The van der Waals surface area contributed by atoms with Crippen LogP contribution in [0.5, 0.6) is 11.5 Å². The Morgan fingerprint density at radius 1 is 1.03 bits per heavy atom. The van der Waals surface area contributed by atoms with Crippen molar-refractivity contribution in [2.45, 2.75) is 13.0 Å². The van der Waals surface area contributed by atoms with Crippen molar-refractivity contribution >= 4 is 17.6 Å². The van der Waals surface area contributed by atoms with Crippen LogP contribution >= 0.6 is 0 Å². The number of hydrogen-bond acceptors (Lipinski definition) is 4. The molecule has 2 aliphatic rings. The molecule has 0 saturated heterocycles. The summed E-state index contributed by atoms with van der Waals surface area (Å²) in [5.41, 5.74) is 2.91. The number of carbonyl (C=O) groups is 2. The Labute approximate surface area is 169 Å². The normalized spacial score (nSPS) is 18.7. The Kier molecular flexibility index (Phi) is 4.88. The molecule has 0 fully saturated rings. The highest BCUT2D eigenvalue weighted by atomic mass is 16.5. The lowest BCUT2D eigenvalue weighted by Gasteiger charge is -2.31. The number of amides is 3. The summed E-state index contributed by atoms with van der Waals surface area (Å²) < 4.78 is 10.7. The van der Waals surface area contributed by atoms with E-state index in [0.717, 1.165) is 22.7 Å². The van der Waals surface area contributed by atoms with Crippen LogP contribution in [-0.4, -0.2) is 44.1 Å². The van der Waals surface area contributed by atoms with Gasteiger partial charge >= 0.3 is 6.03 Å². The number of methoxy groups -OCH3 is 1. The van der Waals surface area contributed by atoms with Crippen molar-refractivity contribution in [2.75, 3.05) is 32.2 Å². The van der Waals surface area contributed by atoms with Crippen LogP contribution in [0.15, 0.2) is 59.8 Å². The van der Waals surface area contributed by atoms with E-state index in [1.165, 1.54) is 4.90 Å². The lowest BCUT2D eigenvalue weighted by atomic mass is 9.95. The molecule has 2 aromatic carbocycles. The van der Waals surface area contributed by atoms with Gasteiger partial charge in [0.1, 0.15) is 11.5 Å². The number of ether oxygens (including phenoxy) is 2. The van der Waals surface area contributed by atoms with E-state index >= 15 is 0 Å². The van der Waals surface area contributed by atoms with E-state index in [0.29, 0.717) is 24.4 Å². The predicted molar refractivity (Wildman–Crippen MR) is 109 cm³/mol. The fraction of sp³-hybridized carbons (Fsp3) is 0.273. The van der Waals surface area contributed by atoms with Crippen LogP contribution in [0, 0.1) is 0 Å². The molecule has 29 heavy (non-hydrogen) atoms. The first-order valence-corrected chi connectivity index (χ1v) is 9.49. The van der Waals surface area contributed by atoms with Crippen LogP contribution in [0.2, 0.25) is 0 Å². The van der Waals surface area contributed by atoms with Crippen molar-refractivity contribution in [3.05, 3.63) is 65.4 Å². The first kappa shape index (κ1) is 18.9. The third-order valence-electron chi connectivity index (χ3n) is 5.27. The topological polar surface area (TPSA) is 71.1 Å². The van der Waals surface area contributed by atoms with Crippen LogP contribution in [0.4, 0.5) is 10.5 Å². The second-order valence-electron chi connectivity index (χ2n) is 6.89. The molecule has 0 radical (unpaired) electrons. The average molecular weight is 393 g/mol. The summed E-state index contributed by atoms with van der Waals surface area (Å²) in [6.07, 6.45) is 0. The molecule has 1 N–H and O–H groups in total. The number of carbonyl (C=O) groups excluding carboxylic acids is 2. The van der Waals surface area contributed by atoms with Crippen molar-refractivity contribution < 1.29 is 19.1 Å². The number of nitrogens with one attached hydrogen (secondary N) is 1. The predicted octanol–water partition coefficient (Wildman–Crippen LogP) is 3.09. The molecule has 0 aliphatic carbocycles. The van der Waals surface area contributed by atoms with Crippen molar-refractivity contribution in [2.24, 2.45) is 0 Å². The van der Waals surface area contributed by atoms with Gasteiger partial charge in [-0.15, -0.1) is 0 Å². The maximum absolute atomic E-state index is 13.3. The lowest BCUT2D eigenvalue weighted by molar-refractivity contribution is -0.114. The zero-order chi connectivity index (χ0) is 20.5. The highest BCUT2D eigenvalue weighted by Crippen LogP contribution is 2.38. The van der Waals surface area contributed by atoms with Crippen molar-refractivity contribution in [1.29, 1.82) is 0 Å². The van der Waals surface area contributed by atoms with Gasteiger partial charge in [0, 0.05) is 12.7 Å². The van der Waals surface area contributed by atoms with Gasteiger partial charge in [-0.25, -0.2) is 4.79 Å². The van der Waals surface area contributed by atoms with Crippen LogP contribution in [0.3, 0.4) is 0 Å². The first-order valence-electron chi connectivity index (χ1n) is 9.49. The van der Waals surface area contributed by atoms with E-state index in [1.807, 2.05) is 55.5 Å². The Morgan fingerprint density at radius 2 is 1.69 bits per heavy atom. The molecule has 2 heterocycles. The van der Waals surface area contributed by atoms with Crippen molar-refractivity contribution in [3.8, 4) is 11.5 Å². The molecule has 0 saturated carbocycles. The number of nitrogens with zero attached hydrogens (tertiary/aromatic N) is 2. The SMILES string of the molecule is CCOc1ccc(N2CC3=C(C2=O)C(c2ccc(OC)cc2)NC(=O)N3C)cc1. The van der Waals surface area contributed by atoms with E-state index in [-0.39, 0.29) is 11.9 Å². The van der Waals surface area contributed by atoms with Gasteiger partial charge in [-0.2, -0.15) is 0 Å². The Bertz CT molecular complexity index is 967. The molecule has 0 bridgehead atoms. The summed E-state index contributed by atoms with van der Waals surface area (Å²) in [4.78, 5) is 29.1. The highest BCUT2D eigenvalue weighted by molar-refractivity contribution is 6.11. The number of benzene rings is 2. The van der Waals surface area contributed by atoms with E-state index in [4.69, 9.17) is 9.47 Å². The fourth-order valence-corrected chi connectivity index (χ4v) is 3.71. The number of anilines is 1. The van der Waals surface area contributed by atoms with Gasteiger partial charge in [0.05, 0.1) is 37.6 Å². The largest absolute Gasteiger partial charge is 0.497 e. The second kappa shape index (κ2) is 7.50. The van der Waals surface area contributed by atoms with E-state index in [9.17, 15) is 9.59 Å². The Balaban J connectivity index is 1.67. The maximum Gasteiger partial charge on any atom is 0.322 e. The van der Waals surface area contributed by atoms with E-state index in [1.54, 1.807) is 19.1 Å². The molecule has 7 heteroatoms. The summed E-state index contributed by atoms with van der Waals surface area (Å²) in [5.74, 6) is 1.36. The van der Waals surface area contributed by atoms with Crippen LogP contribution in [0.1, 0.15) is 18.5 Å². The monoisotopic (exact) mass is 393 g/mol. The second-order valence-corrected chi connectivity index (χ2v) is 6.89. The summed E-state index contributed by atoms with van der Waals surface area (Å²) >= 11 is 0. The molecule has 1 unspecified atom stereocenters. The van der Waals surface area contributed by atoms with Gasteiger partial charge in [0.15, 0.2) is 0 Å². The maximum atomic E-state index is 13.3. The summed E-state index contributed by atoms with van der Waals surface area (Å²) in [6, 6.07) is 14.1. The third kappa shape index (κ3) is 3.29. The molecule has 150 valence electrons. The smallest absolute Gasteiger partial charge is 0.322 e. The molecule has 7 nitrogen and oxygen atoms in total. The molecule has 1 atom stereocenters. The van der Waals surface area contributed by atoms with Crippen molar-refractivity contribution in [3.63, 3.8) is 0 Å². The lowest BCUT2D eigenvalue weighted by Crippen LogP contribution is -2.45. The van der Waals surface area contributed by atoms with Crippen LogP contribution < -0.4 is 19.7 Å². The van der Waals surface area contributed by atoms with Crippen molar-refractivity contribution in [1.82, 2.24) is 10.2 Å². The zero-order valence-corrected chi connectivity index (χ0v) is 16.6. The summed E-state index contributed by atoms with van der Waals surface area (Å²) in [5, 5.41) is 2.94. The number of hydrogen-bond donors (Lipinski definition) is 1. The summed E-state index contributed by atoms with van der Waals surface area (Å²) in [7, 11) is 3.28. The van der Waals surface area contributed by atoms with Gasteiger partial charge in [-0.1, -0.05) is 12.1 Å². The first-order chi connectivity index (χ1) is 14.0.